The van der Waals surface area contributed by atoms with Gasteiger partial charge in [0.2, 0.25) is 0 Å². The van der Waals surface area contributed by atoms with Gasteiger partial charge < -0.3 is 4.57 Å². The van der Waals surface area contributed by atoms with Gasteiger partial charge in [0.25, 0.3) is 0 Å². The fraction of sp³-hybridized carbons (Fsp3) is 0.389. The smallest absolute Gasteiger partial charge is 0.165 e. The van der Waals surface area contributed by atoms with E-state index in [9.17, 15) is 4.79 Å². The van der Waals surface area contributed by atoms with Crippen LogP contribution < -0.4 is 0 Å². The maximum Gasteiger partial charge on any atom is 0.165 e. The standard InChI is InChI=1S/C18H20BrNO/c1-4-12-9-13(19)5-6-15(12)20-8-7-14-16(20)10-18(2,3)11-17(14)21/h5-9H,4,10-11H2,1-3H3. The SMILES string of the molecule is CCc1cc(Br)ccc1-n1ccc2c1CC(C)(C)CC2=O. The number of nitrogens with zero attached hydrogens (tertiary/aromatic N) is 1. The fourth-order valence-electron chi connectivity index (χ4n) is 3.24. The summed E-state index contributed by atoms with van der Waals surface area (Å²) in [6.07, 6.45) is 4.61. The van der Waals surface area contributed by atoms with Crippen molar-refractivity contribution < 1.29 is 4.79 Å². The molecule has 0 saturated carbocycles. The Labute approximate surface area is 134 Å². The van der Waals surface area contributed by atoms with Crippen LogP contribution in [0.3, 0.4) is 0 Å². The molecule has 0 radical (unpaired) electrons. The number of ketones is 1. The second-order valence-corrected chi connectivity index (χ2v) is 7.53. The highest BCUT2D eigenvalue weighted by atomic mass is 79.9. The topological polar surface area (TPSA) is 22.0 Å². The number of benzene rings is 1. The minimum atomic E-state index is 0.0436. The van der Waals surface area contributed by atoms with Crippen molar-refractivity contribution in [2.75, 3.05) is 0 Å². The maximum absolute atomic E-state index is 12.3. The third kappa shape index (κ3) is 2.59. The zero-order valence-corrected chi connectivity index (χ0v) is 14.3. The summed E-state index contributed by atoms with van der Waals surface area (Å²) in [5.74, 6) is 0.273. The monoisotopic (exact) mass is 345 g/mol. The average Bonchev–Trinajstić information content (AvgIpc) is 2.81. The van der Waals surface area contributed by atoms with Gasteiger partial charge in [0.15, 0.2) is 5.78 Å². The van der Waals surface area contributed by atoms with E-state index < -0.39 is 0 Å². The van der Waals surface area contributed by atoms with Crippen molar-refractivity contribution in [3.63, 3.8) is 0 Å². The van der Waals surface area contributed by atoms with Crippen LogP contribution in [0.5, 0.6) is 0 Å². The van der Waals surface area contributed by atoms with Crippen molar-refractivity contribution in [3.8, 4) is 5.69 Å². The van der Waals surface area contributed by atoms with Crippen LogP contribution in [0.1, 0.15) is 48.8 Å². The lowest BCUT2D eigenvalue weighted by molar-refractivity contribution is 0.0911. The first-order chi connectivity index (χ1) is 9.91. The molecule has 0 amide bonds. The molecule has 2 aromatic rings. The zero-order valence-electron chi connectivity index (χ0n) is 12.7. The number of hydrogen-bond acceptors (Lipinski definition) is 1. The molecule has 2 nitrogen and oxygen atoms in total. The van der Waals surface area contributed by atoms with E-state index in [2.05, 4.69) is 59.5 Å². The Morgan fingerprint density at radius 1 is 1.24 bits per heavy atom. The van der Waals surface area contributed by atoms with Gasteiger partial charge in [-0.05, 0) is 48.1 Å². The lowest BCUT2D eigenvalue weighted by atomic mass is 9.76. The predicted molar refractivity (Wildman–Crippen MR) is 89.3 cm³/mol. The summed E-state index contributed by atoms with van der Waals surface area (Å²) in [6, 6.07) is 8.35. The molecule has 1 aromatic heterocycles. The summed E-state index contributed by atoms with van der Waals surface area (Å²) in [5.41, 5.74) is 4.58. The molecule has 0 bridgehead atoms. The number of Topliss-reactive ketones (excluding diaryl/α,β-unsaturated/α-hetero) is 1. The molecule has 110 valence electrons. The van der Waals surface area contributed by atoms with Crippen LogP contribution in [0.15, 0.2) is 34.9 Å². The van der Waals surface area contributed by atoms with Crippen LogP contribution in [0.2, 0.25) is 0 Å². The molecule has 0 atom stereocenters. The number of halogens is 1. The molecule has 1 aliphatic carbocycles. The van der Waals surface area contributed by atoms with Gasteiger partial charge >= 0.3 is 0 Å². The first-order valence-corrected chi connectivity index (χ1v) is 8.23. The van der Waals surface area contributed by atoms with Gasteiger partial charge in [-0.2, -0.15) is 0 Å². The Morgan fingerprint density at radius 2 is 2.00 bits per heavy atom. The Kier molecular flexibility index (Phi) is 3.56. The van der Waals surface area contributed by atoms with E-state index in [0.717, 1.165) is 28.6 Å². The Morgan fingerprint density at radius 3 is 2.71 bits per heavy atom. The number of fused-ring (bicyclic) bond motifs is 1. The summed E-state index contributed by atoms with van der Waals surface area (Å²) in [4.78, 5) is 12.3. The van der Waals surface area contributed by atoms with E-state index in [1.54, 1.807) is 0 Å². The van der Waals surface area contributed by atoms with Gasteiger partial charge in [-0.1, -0.05) is 36.7 Å². The zero-order chi connectivity index (χ0) is 15.2. The second kappa shape index (κ2) is 5.13. The summed E-state index contributed by atoms with van der Waals surface area (Å²) in [6.45, 7) is 6.51. The maximum atomic E-state index is 12.3. The normalized spacial score (nSPS) is 16.9. The van der Waals surface area contributed by atoms with E-state index in [-0.39, 0.29) is 11.2 Å². The van der Waals surface area contributed by atoms with Crippen molar-refractivity contribution >= 4 is 21.7 Å². The number of carbonyl (C=O) groups is 1. The van der Waals surface area contributed by atoms with Gasteiger partial charge in [0, 0.05) is 34.0 Å². The minimum Gasteiger partial charge on any atom is -0.320 e. The molecule has 0 unspecified atom stereocenters. The van der Waals surface area contributed by atoms with Gasteiger partial charge in [0.05, 0.1) is 0 Å². The van der Waals surface area contributed by atoms with E-state index in [1.165, 1.54) is 11.3 Å². The molecule has 0 fully saturated rings. The number of carbonyl (C=O) groups excluding carboxylic acids is 1. The van der Waals surface area contributed by atoms with Gasteiger partial charge in [0.1, 0.15) is 0 Å². The van der Waals surface area contributed by atoms with E-state index in [1.807, 2.05) is 12.3 Å². The third-order valence-corrected chi connectivity index (χ3v) is 4.75. The van der Waals surface area contributed by atoms with Crippen LogP contribution >= 0.6 is 15.9 Å². The molecule has 1 aliphatic rings. The van der Waals surface area contributed by atoms with Crippen molar-refractivity contribution in [1.29, 1.82) is 0 Å². The van der Waals surface area contributed by atoms with Gasteiger partial charge in [-0.3, -0.25) is 4.79 Å². The van der Waals surface area contributed by atoms with E-state index in [4.69, 9.17) is 0 Å². The quantitative estimate of drug-likeness (QED) is 0.754. The van der Waals surface area contributed by atoms with Crippen molar-refractivity contribution in [2.24, 2.45) is 5.41 Å². The van der Waals surface area contributed by atoms with Crippen molar-refractivity contribution in [1.82, 2.24) is 4.57 Å². The second-order valence-electron chi connectivity index (χ2n) is 6.61. The van der Waals surface area contributed by atoms with Crippen molar-refractivity contribution in [3.05, 3.63) is 51.8 Å². The molecule has 3 rings (SSSR count). The van der Waals surface area contributed by atoms with Gasteiger partial charge in [-0.25, -0.2) is 0 Å². The fourth-order valence-corrected chi connectivity index (χ4v) is 3.65. The Bertz CT molecular complexity index is 712. The van der Waals surface area contributed by atoms with E-state index in [0.29, 0.717) is 6.42 Å². The molecular weight excluding hydrogens is 326 g/mol. The largest absolute Gasteiger partial charge is 0.320 e. The molecule has 0 aliphatic heterocycles. The Balaban J connectivity index is 2.16. The first kappa shape index (κ1) is 14.6. The molecule has 1 heterocycles. The third-order valence-electron chi connectivity index (χ3n) is 4.26. The number of hydrogen-bond donors (Lipinski definition) is 0. The molecule has 0 spiro atoms. The number of aromatic nitrogens is 1. The highest BCUT2D eigenvalue weighted by Gasteiger charge is 2.33. The van der Waals surface area contributed by atoms with Gasteiger partial charge in [-0.15, -0.1) is 0 Å². The molecular formula is C18H20BrNO. The molecule has 0 N–H and O–H groups in total. The minimum absolute atomic E-state index is 0.0436. The lowest BCUT2D eigenvalue weighted by Gasteiger charge is -2.30. The summed E-state index contributed by atoms with van der Waals surface area (Å²) in [7, 11) is 0. The lowest BCUT2D eigenvalue weighted by Crippen LogP contribution is -2.27. The van der Waals surface area contributed by atoms with Crippen LogP contribution in [-0.4, -0.2) is 10.4 Å². The highest BCUT2D eigenvalue weighted by molar-refractivity contribution is 9.10. The van der Waals surface area contributed by atoms with Crippen LogP contribution in [0.25, 0.3) is 5.69 Å². The van der Waals surface area contributed by atoms with Crippen molar-refractivity contribution in [2.45, 2.75) is 40.0 Å². The van der Waals surface area contributed by atoms with Crippen LogP contribution in [0.4, 0.5) is 0 Å². The van der Waals surface area contributed by atoms with Crippen LogP contribution in [0, 0.1) is 5.41 Å². The summed E-state index contributed by atoms with van der Waals surface area (Å²) < 4.78 is 3.31. The number of rotatable bonds is 2. The molecule has 3 heteroatoms. The summed E-state index contributed by atoms with van der Waals surface area (Å²) >= 11 is 3.54. The average molecular weight is 346 g/mol. The van der Waals surface area contributed by atoms with Crippen LogP contribution in [-0.2, 0) is 12.8 Å². The summed E-state index contributed by atoms with van der Waals surface area (Å²) in [5, 5.41) is 0. The first-order valence-electron chi connectivity index (χ1n) is 7.43. The highest BCUT2D eigenvalue weighted by Crippen LogP contribution is 2.37. The molecule has 0 saturated heterocycles. The molecule has 21 heavy (non-hydrogen) atoms. The number of aryl methyl sites for hydroxylation is 1. The molecule has 1 aromatic carbocycles. The predicted octanol–water partition coefficient (Wildman–Crippen LogP) is 4.96. The Hall–Kier alpha value is -1.35. The van der Waals surface area contributed by atoms with E-state index >= 15 is 0 Å².